The van der Waals surface area contributed by atoms with E-state index in [1.807, 2.05) is 18.2 Å². The highest BCUT2D eigenvalue weighted by Crippen LogP contribution is 2.33. The molecular formula is C24H21N5O5. The lowest BCUT2D eigenvalue weighted by atomic mass is 10.0. The number of hydrazone groups is 1. The Morgan fingerprint density at radius 1 is 1.26 bits per heavy atom. The Kier molecular flexibility index (Phi) is 5.37. The molecule has 0 bridgehead atoms. The summed E-state index contributed by atoms with van der Waals surface area (Å²) in [5, 5.41) is 15.3. The van der Waals surface area contributed by atoms with E-state index in [9.17, 15) is 19.6 Å². The van der Waals surface area contributed by atoms with Crippen LogP contribution < -0.4 is 16.0 Å². The van der Waals surface area contributed by atoms with Crippen LogP contribution in [0.5, 0.6) is 5.75 Å². The first kappa shape index (κ1) is 21.5. The van der Waals surface area contributed by atoms with Crippen LogP contribution in [0.25, 0.3) is 0 Å². The van der Waals surface area contributed by atoms with E-state index in [1.54, 1.807) is 31.4 Å². The number of benzene rings is 1. The summed E-state index contributed by atoms with van der Waals surface area (Å²) >= 11 is 0. The van der Waals surface area contributed by atoms with Crippen molar-refractivity contribution in [2.45, 2.75) is 38.4 Å². The van der Waals surface area contributed by atoms with Crippen molar-refractivity contribution in [1.82, 2.24) is 14.1 Å². The van der Waals surface area contributed by atoms with E-state index in [0.717, 1.165) is 10.1 Å². The fourth-order valence-electron chi connectivity index (χ4n) is 4.50. The van der Waals surface area contributed by atoms with Crippen molar-refractivity contribution in [2.75, 3.05) is 7.11 Å². The topological polar surface area (TPSA) is 123 Å². The average Bonchev–Trinajstić information content (AvgIpc) is 3.62. The lowest BCUT2D eigenvalue weighted by Gasteiger charge is -2.20. The van der Waals surface area contributed by atoms with Gasteiger partial charge in [0.25, 0.3) is 11.5 Å². The second kappa shape index (κ2) is 8.51. The Morgan fingerprint density at radius 3 is 2.74 bits per heavy atom. The molecule has 0 spiro atoms. The summed E-state index contributed by atoms with van der Waals surface area (Å²) in [5.41, 5.74) is 0.495. The van der Waals surface area contributed by atoms with Crippen molar-refractivity contribution < 1.29 is 13.9 Å². The van der Waals surface area contributed by atoms with Crippen molar-refractivity contribution >= 4 is 11.6 Å². The third-order valence-electron chi connectivity index (χ3n) is 6.20. The van der Waals surface area contributed by atoms with Gasteiger partial charge in [-0.15, -0.1) is 0 Å². The van der Waals surface area contributed by atoms with Gasteiger partial charge in [0.2, 0.25) is 0 Å². The molecular weight excluding hydrogens is 438 g/mol. The van der Waals surface area contributed by atoms with Crippen molar-refractivity contribution in [3.05, 3.63) is 86.1 Å². The number of carbonyl (C=O) groups excluding carboxylic acids is 1. The number of hydrogen-bond acceptors (Lipinski definition) is 7. The molecule has 2 aliphatic heterocycles. The SMILES string of the molecule is COc1ccc(C2=NN(C(=O)Cn3c(=O)c(C#N)c4n(c3=O)CCC4)C(c3ccco3)C2)cc1. The highest BCUT2D eigenvalue weighted by molar-refractivity contribution is 6.03. The Bertz CT molecular complexity index is 1440. The van der Waals surface area contributed by atoms with Crippen LogP contribution in [0.2, 0.25) is 0 Å². The molecule has 1 unspecified atom stereocenters. The summed E-state index contributed by atoms with van der Waals surface area (Å²) in [6, 6.07) is 12.2. The number of rotatable bonds is 5. The highest BCUT2D eigenvalue weighted by Gasteiger charge is 2.35. The molecule has 2 aliphatic rings. The van der Waals surface area contributed by atoms with Crippen molar-refractivity contribution in [3.8, 4) is 11.8 Å². The third kappa shape index (κ3) is 3.51. The molecule has 4 heterocycles. The normalized spacial score (nSPS) is 16.8. The molecule has 1 atom stereocenters. The summed E-state index contributed by atoms with van der Waals surface area (Å²) < 4.78 is 13.0. The quantitative estimate of drug-likeness (QED) is 0.573. The van der Waals surface area contributed by atoms with Gasteiger partial charge in [-0.25, -0.2) is 14.4 Å². The van der Waals surface area contributed by atoms with E-state index in [2.05, 4.69) is 5.10 Å². The van der Waals surface area contributed by atoms with Gasteiger partial charge in [-0.3, -0.25) is 14.2 Å². The lowest BCUT2D eigenvalue weighted by molar-refractivity contribution is -0.134. The molecule has 10 heteroatoms. The molecule has 2 aromatic heterocycles. The van der Waals surface area contributed by atoms with Gasteiger partial charge in [0.1, 0.15) is 35.7 Å². The monoisotopic (exact) mass is 459 g/mol. The number of carbonyl (C=O) groups is 1. The van der Waals surface area contributed by atoms with Gasteiger partial charge >= 0.3 is 5.69 Å². The Hall–Kier alpha value is -4.39. The minimum atomic E-state index is -0.748. The fourth-order valence-corrected chi connectivity index (χ4v) is 4.50. The zero-order valence-corrected chi connectivity index (χ0v) is 18.4. The maximum Gasteiger partial charge on any atom is 0.331 e. The first-order valence-electron chi connectivity index (χ1n) is 10.9. The van der Waals surface area contributed by atoms with Crippen LogP contribution in [0.15, 0.2) is 61.8 Å². The number of nitrogens with zero attached hydrogens (tertiary/aromatic N) is 5. The number of amides is 1. The van der Waals surface area contributed by atoms with Gasteiger partial charge in [-0.2, -0.15) is 10.4 Å². The number of methoxy groups -OCH3 is 1. The first-order chi connectivity index (χ1) is 16.5. The number of aromatic nitrogens is 2. The lowest BCUT2D eigenvalue weighted by Crippen LogP contribution is -2.45. The van der Waals surface area contributed by atoms with Crippen molar-refractivity contribution in [2.24, 2.45) is 5.10 Å². The Labute approximate surface area is 193 Å². The van der Waals surface area contributed by atoms with Crippen LogP contribution in [-0.4, -0.2) is 32.9 Å². The maximum absolute atomic E-state index is 13.4. The molecule has 0 aliphatic carbocycles. The zero-order chi connectivity index (χ0) is 23.8. The first-order valence-corrected chi connectivity index (χ1v) is 10.9. The van der Waals surface area contributed by atoms with E-state index >= 15 is 0 Å². The molecule has 0 saturated carbocycles. The molecule has 34 heavy (non-hydrogen) atoms. The van der Waals surface area contributed by atoms with Gasteiger partial charge in [-0.05, 0) is 54.8 Å². The molecule has 10 nitrogen and oxygen atoms in total. The van der Waals surface area contributed by atoms with Crippen LogP contribution in [-0.2, 0) is 24.3 Å². The summed E-state index contributed by atoms with van der Waals surface area (Å²) in [5.74, 6) is 0.686. The minimum absolute atomic E-state index is 0.0867. The molecule has 1 aromatic carbocycles. The van der Waals surface area contributed by atoms with E-state index in [0.29, 0.717) is 48.7 Å². The maximum atomic E-state index is 13.4. The average molecular weight is 459 g/mol. The molecule has 0 fully saturated rings. The number of furan rings is 1. The fraction of sp³-hybridized carbons (Fsp3) is 0.292. The number of ether oxygens (including phenoxy) is 1. The number of fused-ring (bicyclic) bond motifs is 1. The van der Waals surface area contributed by atoms with Crippen LogP contribution in [0.1, 0.15) is 41.5 Å². The molecule has 5 rings (SSSR count). The summed E-state index contributed by atoms with van der Waals surface area (Å²) in [6.45, 7) is -0.112. The predicted octanol–water partition coefficient (Wildman–Crippen LogP) is 1.81. The molecule has 0 saturated heterocycles. The smallest absolute Gasteiger partial charge is 0.331 e. The summed E-state index contributed by atoms with van der Waals surface area (Å²) in [4.78, 5) is 39.2. The van der Waals surface area contributed by atoms with Gasteiger partial charge < -0.3 is 9.15 Å². The van der Waals surface area contributed by atoms with E-state index in [-0.39, 0.29) is 5.56 Å². The van der Waals surface area contributed by atoms with E-state index in [1.165, 1.54) is 15.8 Å². The van der Waals surface area contributed by atoms with Crippen LogP contribution in [0.3, 0.4) is 0 Å². The molecule has 1 amide bonds. The van der Waals surface area contributed by atoms with Crippen LogP contribution >= 0.6 is 0 Å². The zero-order valence-electron chi connectivity index (χ0n) is 18.4. The number of hydrogen-bond donors (Lipinski definition) is 0. The Morgan fingerprint density at radius 2 is 2.06 bits per heavy atom. The minimum Gasteiger partial charge on any atom is -0.497 e. The van der Waals surface area contributed by atoms with Crippen molar-refractivity contribution in [1.29, 1.82) is 5.26 Å². The number of nitriles is 1. The van der Waals surface area contributed by atoms with Gasteiger partial charge in [0.05, 0.1) is 19.1 Å². The molecule has 172 valence electrons. The summed E-state index contributed by atoms with van der Waals surface area (Å²) in [6.07, 6.45) is 3.07. The second-order valence-electron chi connectivity index (χ2n) is 8.11. The molecule has 0 N–H and O–H groups in total. The van der Waals surface area contributed by atoms with Gasteiger partial charge in [0.15, 0.2) is 0 Å². The summed E-state index contributed by atoms with van der Waals surface area (Å²) in [7, 11) is 1.58. The predicted molar refractivity (Wildman–Crippen MR) is 120 cm³/mol. The van der Waals surface area contributed by atoms with E-state index in [4.69, 9.17) is 9.15 Å². The second-order valence-corrected chi connectivity index (χ2v) is 8.11. The Balaban J connectivity index is 1.51. The molecule has 3 aromatic rings. The largest absolute Gasteiger partial charge is 0.497 e. The highest BCUT2D eigenvalue weighted by atomic mass is 16.5. The third-order valence-corrected chi connectivity index (χ3v) is 6.20. The molecule has 0 radical (unpaired) electrons. The standard InChI is InChI=1S/C24H21N5O5/c1-33-16-8-6-15(7-9-16)18-12-20(21-5-3-11-34-21)29(26-18)22(30)14-28-23(31)17(13-25)19-4-2-10-27(19)24(28)32/h3,5-9,11,20H,2,4,10,12,14H2,1H3. The van der Waals surface area contributed by atoms with Crippen molar-refractivity contribution in [3.63, 3.8) is 0 Å². The van der Waals surface area contributed by atoms with E-state index < -0.39 is 29.7 Å². The van der Waals surface area contributed by atoms with Crippen LogP contribution in [0.4, 0.5) is 0 Å². The van der Waals surface area contributed by atoms with Gasteiger partial charge in [-0.1, -0.05) is 0 Å². The van der Waals surface area contributed by atoms with Crippen LogP contribution in [0, 0.1) is 11.3 Å². The van der Waals surface area contributed by atoms with Gasteiger partial charge in [0, 0.05) is 18.7 Å².